The molecule has 0 bridgehead atoms. The number of benzene rings is 1. The van der Waals surface area contributed by atoms with Crippen LogP contribution >= 0.6 is 11.3 Å². The molecule has 1 aromatic carbocycles. The van der Waals surface area contributed by atoms with Gasteiger partial charge in [-0.2, -0.15) is 5.48 Å². The molecule has 3 aromatic rings. The number of nitrogens with one attached hydrogen (secondary N) is 1. The Labute approximate surface area is 199 Å². The van der Waals surface area contributed by atoms with Crippen molar-refractivity contribution in [3.63, 3.8) is 0 Å². The zero-order valence-electron chi connectivity index (χ0n) is 19.8. The average Bonchev–Trinajstić information content (AvgIpc) is 3.41. The number of imidazole rings is 1. The minimum atomic E-state index is -3.74. The first kappa shape index (κ1) is 25.8. The summed E-state index contributed by atoms with van der Waals surface area (Å²) in [5.74, 6) is 1.36. The number of fused-ring (bicyclic) bond motifs is 1. The van der Waals surface area contributed by atoms with Gasteiger partial charge in [0.15, 0.2) is 0 Å². The molecule has 2 heterocycles. The van der Waals surface area contributed by atoms with Crippen LogP contribution in [0.15, 0.2) is 39.4 Å². The van der Waals surface area contributed by atoms with Gasteiger partial charge in [-0.25, -0.2) is 13.4 Å². The number of methoxy groups -OCH3 is 1. The second-order valence-electron chi connectivity index (χ2n) is 9.27. The van der Waals surface area contributed by atoms with Gasteiger partial charge in [-0.05, 0) is 42.7 Å². The van der Waals surface area contributed by atoms with E-state index in [2.05, 4.69) is 32.3 Å². The Morgan fingerprint density at radius 3 is 2.61 bits per heavy atom. The number of thiophene rings is 1. The molecular weight excluding hydrogens is 460 g/mol. The van der Waals surface area contributed by atoms with Crippen LogP contribution in [0.2, 0.25) is 0 Å². The summed E-state index contributed by atoms with van der Waals surface area (Å²) in [7, 11) is -2.03. The van der Waals surface area contributed by atoms with Crippen LogP contribution in [0.25, 0.3) is 11.0 Å². The van der Waals surface area contributed by atoms with Gasteiger partial charge in [-0.3, -0.25) is 0 Å². The SMILES string of the molecule is CCC(CCOC)Cn1c(C(C)(C)C)nc2cc(S(=O)(=O)c3ccc(C(N)NO)s3)ccc21. The van der Waals surface area contributed by atoms with Crippen molar-refractivity contribution >= 4 is 32.2 Å². The van der Waals surface area contributed by atoms with Gasteiger partial charge >= 0.3 is 0 Å². The van der Waals surface area contributed by atoms with Crippen molar-refractivity contribution in [2.45, 2.75) is 67.8 Å². The van der Waals surface area contributed by atoms with E-state index in [0.29, 0.717) is 22.9 Å². The zero-order chi connectivity index (χ0) is 24.4. The highest BCUT2D eigenvalue weighted by Crippen LogP contribution is 2.33. The van der Waals surface area contributed by atoms with Crippen molar-refractivity contribution in [1.82, 2.24) is 15.0 Å². The standard InChI is InChI=1S/C23H34N4O4S2/c1-6-15(11-12-31-5)14-27-18-8-7-16(13-17(18)25-22(27)23(2,3)4)33(29,30)20-10-9-19(32-20)21(24)26-28/h7-10,13,15,21,26,28H,6,11-12,14,24H2,1-5H3. The maximum atomic E-state index is 13.3. The van der Waals surface area contributed by atoms with Crippen molar-refractivity contribution in [2.75, 3.05) is 13.7 Å². The van der Waals surface area contributed by atoms with Crippen LogP contribution in [0.4, 0.5) is 0 Å². The third-order valence-corrected chi connectivity index (χ3v) is 9.17. The molecule has 0 amide bonds. The van der Waals surface area contributed by atoms with E-state index >= 15 is 0 Å². The van der Waals surface area contributed by atoms with Gasteiger partial charge in [0.05, 0.1) is 15.9 Å². The van der Waals surface area contributed by atoms with Crippen LogP contribution in [-0.4, -0.2) is 36.9 Å². The summed E-state index contributed by atoms with van der Waals surface area (Å²) in [6.45, 7) is 10.0. The summed E-state index contributed by atoms with van der Waals surface area (Å²) in [6.07, 6.45) is 1.13. The predicted molar refractivity (Wildman–Crippen MR) is 130 cm³/mol. The summed E-state index contributed by atoms with van der Waals surface area (Å²) in [5, 5.41) is 9.02. The summed E-state index contributed by atoms with van der Waals surface area (Å²) in [6, 6.07) is 8.25. The van der Waals surface area contributed by atoms with E-state index in [-0.39, 0.29) is 14.5 Å². The Morgan fingerprint density at radius 2 is 2.00 bits per heavy atom. The average molecular weight is 495 g/mol. The number of hydrogen-bond donors (Lipinski definition) is 3. The van der Waals surface area contributed by atoms with Crippen LogP contribution in [0, 0.1) is 5.92 Å². The van der Waals surface area contributed by atoms with Crippen LogP contribution < -0.4 is 11.2 Å². The van der Waals surface area contributed by atoms with Gasteiger partial charge in [0.1, 0.15) is 16.2 Å². The fraction of sp³-hybridized carbons (Fsp3) is 0.522. The maximum Gasteiger partial charge on any atom is 0.216 e. The predicted octanol–water partition coefficient (Wildman–Crippen LogP) is 4.23. The minimum Gasteiger partial charge on any atom is -0.385 e. The number of ether oxygens (including phenoxy) is 1. The molecule has 0 aliphatic rings. The molecule has 33 heavy (non-hydrogen) atoms. The van der Waals surface area contributed by atoms with Gasteiger partial charge in [-0.15, -0.1) is 11.3 Å². The molecule has 0 saturated heterocycles. The largest absolute Gasteiger partial charge is 0.385 e. The summed E-state index contributed by atoms with van der Waals surface area (Å²) < 4.78 is 34.2. The van der Waals surface area contributed by atoms with Gasteiger partial charge in [0, 0.05) is 30.6 Å². The van der Waals surface area contributed by atoms with E-state index in [4.69, 9.17) is 20.7 Å². The first-order valence-electron chi connectivity index (χ1n) is 11.0. The molecular formula is C23H34N4O4S2. The van der Waals surface area contributed by atoms with Crippen LogP contribution in [0.5, 0.6) is 0 Å². The van der Waals surface area contributed by atoms with Gasteiger partial charge in [-0.1, -0.05) is 34.1 Å². The molecule has 8 nitrogen and oxygen atoms in total. The van der Waals surface area contributed by atoms with Crippen molar-refractivity contribution in [3.05, 3.63) is 41.0 Å². The smallest absolute Gasteiger partial charge is 0.216 e. The van der Waals surface area contributed by atoms with E-state index < -0.39 is 16.0 Å². The lowest BCUT2D eigenvalue weighted by Gasteiger charge is -2.23. The molecule has 0 fully saturated rings. The second-order valence-corrected chi connectivity index (χ2v) is 12.6. The van der Waals surface area contributed by atoms with Crippen LogP contribution in [0.1, 0.15) is 57.4 Å². The quantitative estimate of drug-likeness (QED) is 0.285. The molecule has 0 spiro atoms. The Morgan fingerprint density at radius 1 is 1.27 bits per heavy atom. The number of hydrogen-bond acceptors (Lipinski definition) is 8. The Balaban J connectivity index is 2.05. The van der Waals surface area contributed by atoms with Crippen LogP contribution in [0.3, 0.4) is 0 Å². The number of sulfone groups is 1. The van der Waals surface area contributed by atoms with Gasteiger partial charge in [0.25, 0.3) is 0 Å². The molecule has 3 rings (SSSR count). The Bertz CT molecular complexity index is 1190. The molecule has 10 heteroatoms. The lowest BCUT2D eigenvalue weighted by Crippen LogP contribution is -2.24. The van der Waals surface area contributed by atoms with Crippen molar-refractivity contribution in [3.8, 4) is 0 Å². The zero-order valence-corrected chi connectivity index (χ0v) is 21.5. The molecule has 2 atom stereocenters. The number of hydroxylamine groups is 1. The highest BCUT2D eigenvalue weighted by molar-refractivity contribution is 7.93. The molecule has 0 aliphatic carbocycles. The molecule has 2 unspecified atom stereocenters. The summed E-state index contributed by atoms with van der Waals surface area (Å²) in [4.78, 5) is 5.59. The topological polar surface area (TPSA) is 119 Å². The van der Waals surface area contributed by atoms with Gasteiger partial charge in [0.2, 0.25) is 9.84 Å². The van der Waals surface area contributed by atoms with Crippen LogP contribution in [-0.2, 0) is 26.5 Å². The Hall–Kier alpha value is -1.82. The van der Waals surface area contributed by atoms with E-state index in [9.17, 15) is 8.42 Å². The summed E-state index contributed by atoms with van der Waals surface area (Å²) in [5.41, 5.74) is 9.06. The molecule has 2 aromatic heterocycles. The van der Waals surface area contributed by atoms with Crippen molar-refractivity contribution in [1.29, 1.82) is 0 Å². The van der Waals surface area contributed by atoms with Crippen molar-refractivity contribution in [2.24, 2.45) is 11.7 Å². The lowest BCUT2D eigenvalue weighted by atomic mass is 9.95. The highest BCUT2D eigenvalue weighted by atomic mass is 32.2. The Kier molecular flexibility index (Phi) is 7.98. The highest BCUT2D eigenvalue weighted by Gasteiger charge is 2.27. The number of nitrogens with two attached hydrogens (primary N) is 1. The fourth-order valence-electron chi connectivity index (χ4n) is 3.83. The fourth-order valence-corrected chi connectivity index (χ4v) is 6.52. The first-order chi connectivity index (χ1) is 15.5. The van der Waals surface area contributed by atoms with Gasteiger partial charge < -0.3 is 20.2 Å². The van der Waals surface area contributed by atoms with E-state index in [1.54, 1.807) is 25.3 Å². The number of nitrogens with zero attached hydrogens (tertiary/aromatic N) is 2. The number of rotatable bonds is 10. The minimum absolute atomic E-state index is 0.170. The molecule has 0 radical (unpaired) electrons. The molecule has 0 aliphatic heterocycles. The normalized spacial score (nSPS) is 14.6. The molecule has 182 valence electrons. The third kappa shape index (κ3) is 5.47. The lowest BCUT2D eigenvalue weighted by molar-refractivity contribution is 0.130. The maximum absolute atomic E-state index is 13.3. The molecule has 4 N–H and O–H groups in total. The van der Waals surface area contributed by atoms with E-state index in [0.717, 1.165) is 42.1 Å². The molecule has 0 saturated carbocycles. The van der Waals surface area contributed by atoms with Crippen molar-refractivity contribution < 1.29 is 18.4 Å². The van der Waals surface area contributed by atoms with E-state index in [1.165, 1.54) is 6.07 Å². The third-order valence-electron chi connectivity index (χ3n) is 5.76. The summed E-state index contributed by atoms with van der Waals surface area (Å²) >= 11 is 1.03. The second kappa shape index (κ2) is 10.2. The first-order valence-corrected chi connectivity index (χ1v) is 13.3. The monoisotopic (exact) mass is 494 g/mol. The number of aromatic nitrogens is 2. The van der Waals surface area contributed by atoms with E-state index in [1.807, 2.05) is 11.5 Å².